The van der Waals surface area contributed by atoms with E-state index in [9.17, 15) is 19.5 Å². The molecule has 3 aliphatic rings. The molecule has 2 unspecified atom stereocenters. The van der Waals surface area contributed by atoms with Gasteiger partial charge in [0.1, 0.15) is 11.8 Å². The molecule has 0 spiro atoms. The average molecular weight is 554 g/mol. The molecule has 2 saturated heterocycles. The highest BCUT2D eigenvalue weighted by molar-refractivity contribution is 7.99. The number of amides is 4. The summed E-state index contributed by atoms with van der Waals surface area (Å²) in [5, 5.41) is 17.9. The fourth-order valence-electron chi connectivity index (χ4n) is 5.31. The first-order valence-electron chi connectivity index (χ1n) is 13.5. The normalized spacial score (nSPS) is 21.1. The Balaban J connectivity index is 1.05. The number of nitrogens with zero attached hydrogens (tertiary/aromatic N) is 2. The maximum Gasteiger partial charge on any atom is 0.408 e. The third kappa shape index (κ3) is 7.08. The Morgan fingerprint density at radius 3 is 2.28 bits per heavy atom. The summed E-state index contributed by atoms with van der Waals surface area (Å²) in [4.78, 5) is 39.7. The van der Waals surface area contributed by atoms with Crippen molar-refractivity contribution < 1.29 is 24.2 Å². The topological polar surface area (TPSA) is 123 Å². The van der Waals surface area contributed by atoms with Crippen molar-refractivity contribution in [1.29, 1.82) is 0 Å². The predicted octanol–water partition coefficient (Wildman–Crippen LogP) is 4.65. The zero-order valence-electron chi connectivity index (χ0n) is 21.8. The van der Waals surface area contributed by atoms with Gasteiger partial charge in [0.15, 0.2) is 0 Å². The molecule has 0 bridgehead atoms. The van der Waals surface area contributed by atoms with E-state index in [1.807, 2.05) is 48.5 Å². The number of carbonyl (C=O) groups is 3. The number of rotatable bonds is 8. The lowest BCUT2D eigenvalue weighted by atomic mass is 10.1. The minimum atomic E-state index is -1.05. The van der Waals surface area contributed by atoms with Crippen LogP contribution in [0.3, 0.4) is 0 Å². The number of anilines is 3. The van der Waals surface area contributed by atoms with E-state index in [-0.39, 0.29) is 11.9 Å². The highest BCUT2D eigenvalue weighted by atomic mass is 32.2. The molecule has 2 atom stereocenters. The average Bonchev–Trinajstić information content (AvgIpc) is 3.71. The van der Waals surface area contributed by atoms with E-state index in [2.05, 4.69) is 20.9 Å². The molecule has 4 N–H and O–H groups in total. The predicted molar refractivity (Wildman–Crippen MR) is 153 cm³/mol. The molecular formula is C28H35N5O5S. The Labute approximate surface area is 232 Å². The number of benzene rings is 2. The number of hydrogen-bond acceptors (Lipinski definition) is 6. The summed E-state index contributed by atoms with van der Waals surface area (Å²) in [6.07, 6.45) is 4.84. The van der Waals surface area contributed by atoms with E-state index >= 15 is 0 Å². The van der Waals surface area contributed by atoms with Crippen LogP contribution in [0.4, 0.5) is 26.7 Å². The van der Waals surface area contributed by atoms with Gasteiger partial charge in [-0.3, -0.25) is 9.69 Å². The maximum atomic E-state index is 12.5. The molecule has 5 rings (SSSR count). The molecule has 0 radical (unpaired) electrons. The summed E-state index contributed by atoms with van der Waals surface area (Å²) >= 11 is 1.45. The first-order valence-corrected chi connectivity index (χ1v) is 14.6. The van der Waals surface area contributed by atoms with E-state index < -0.39 is 12.1 Å². The molecule has 10 nitrogen and oxygen atoms in total. The minimum Gasteiger partial charge on any atom is -0.490 e. The van der Waals surface area contributed by atoms with E-state index in [4.69, 9.17) is 4.74 Å². The van der Waals surface area contributed by atoms with Crippen LogP contribution in [0.5, 0.6) is 5.75 Å². The highest BCUT2D eigenvalue weighted by Crippen LogP contribution is 2.27. The molecule has 1 saturated carbocycles. The summed E-state index contributed by atoms with van der Waals surface area (Å²) in [6.45, 7) is 2.20. The largest absolute Gasteiger partial charge is 0.490 e. The second-order valence-electron chi connectivity index (χ2n) is 10.3. The van der Waals surface area contributed by atoms with Crippen LogP contribution in [0.25, 0.3) is 0 Å². The lowest BCUT2D eigenvalue weighted by Gasteiger charge is -2.21. The van der Waals surface area contributed by atoms with Gasteiger partial charge in [-0.2, -0.15) is 0 Å². The van der Waals surface area contributed by atoms with Crippen molar-refractivity contribution in [2.75, 3.05) is 46.8 Å². The van der Waals surface area contributed by atoms with Gasteiger partial charge < -0.3 is 30.7 Å². The van der Waals surface area contributed by atoms with Gasteiger partial charge in [0.05, 0.1) is 12.0 Å². The molecule has 3 fully saturated rings. The van der Waals surface area contributed by atoms with E-state index in [1.54, 1.807) is 0 Å². The molecule has 208 valence electrons. The summed E-state index contributed by atoms with van der Waals surface area (Å²) in [7, 11) is 0. The lowest BCUT2D eigenvalue weighted by Crippen LogP contribution is -2.47. The Morgan fingerprint density at radius 1 is 0.949 bits per heavy atom. The van der Waals surface area contributed by atoms with Gasteiger partial charge in [0.25, 0.3) is 0 Å². The van der Waals surface area contributed by atoms with Gasteiger partial charge in [0.2, 0.25) is 5.91 Å². The van der Waals surface area contributed by atoms with Crippen LogP contribution >= 0.6 is 11.8 Å². The minimum absolute atomic E-state index is 0.220. The molecular weight excluding hydrogens is 518 g/mol. The van der Waals surface area contributed by atoms with Crippen molar-refractivity contribution in [3.8, 4) is 5.75 Å². The molecule has 2 aromatic rings. The summed E-state index contributed by atoms with van der Waals surface area (Å²) in [5.74, 6) is 1.73. The molecule has 0 aromatic heterocycles. The van der Waals surface area contributed by atoms with Crippen LogP contribution in [-0.4, -0.2) is 71.4 Å². The first-order chi connectivity index (χ1) is 18.9. The van der Waals surface area contributed by atoms with Crippen LogP contribution in [0, 0.1) is 5.92 Å². The maximum absolute atomic E-state index is 12.5. The van der Waals surface area contributed by atoms with Gasteiger partial charge in [0, 0.05) is 42.4 Å². The smallest absolute Gasteiger partial charge is 0.408 e. The number of urea groups is 1. The third-order valence-corrected chi connectivity index (χ3v) is 8.50. The zero-order chi connectivity index (χ0) is 27.2. The van der Waals surface area contributed by atoms with Gasteiger partial charge in [-0.1, -0.05) is 0 Å². The Hall–Kier alpha value is -3.60. The number of thioether (sulfide) groups is 1. The first kappa shape index (κ1) is 27.0. The van der Waals surface area contributed by atoms with Gasteiger partial charge in [-0.25, -0.2) is 9.59 Å². The fraction of sp³-hybridized carbons (Fsp3) is 0.464. The summed E-state index contributed by atoms with van der Waals surface area (Å²) in [6, 6.07) is 14.2. The quantitative estimate of drug-likeness (QED) is 0.375. The van der Waals surface area contributed by atoms with Crippen molar-refractivity contribution >= 4 is 46.9 Å². The van der Waals surface area contributed by atoms with Gasteiger partial charge in [-0.15, -0.1) is 11.8 Å². The number of ether oxygens (including phenoxy) is 1. The Morgan fingerprint density at radius 2 is 1.62 bits per heavy atom. The van der Waals surface area contributed by atoms with Crippen molar-refractivity contribution in [1.82, 2.24) is 10.2 Å². The number of carbonyl (C=O) groups excluding carboxylic acids is 2. The second-order valence-corrected chi connectivity index (χ2v) is 11.3. The zero-order valence-corrected chi connectivity index (χ0v) is 22.6. The lowest BCUT2D eigenvalue weighted by molar-refractivity contribution is -0.124. The monoisotopic (exact) mass is 553 g/mol. The molecule has 1 aliphatic carbocycles. The van der Waals surface area contributed by atoms with Crippen LogP contribution in [0.2, 0.25) is 0 Å². The van der Waals surface area contributed by atoms with Crippen LogP contribution in [-0.2, 0) is 4.79 Å². The number of hydrogen-bond donors (Lipinski definition) is 4. The number of nitrogens with one attached hydrogen (secondary N) is 3. The summed E-state index contributed by atoms with van der Waals surface area (Å²) < 4.78 is 5.97. The number of carboxylic acid groups (broad SMARTS) is 1. The van der Waals surface area contributed by atoms with Crippen molar-refractivity contribution in [3.63, 3.8) is 0 Å². The van der Waals surface area contributed by atoms with E-state index in [0.29, 0.717) is 41.6 Å². The van der Waals surface area contributed by atoms with Crippen LogP contribution < -0.4 is 25.6 Å². The van der Waals surface area contributed by atoms with Crippen LogP contribution in [0.15, 0.2) is 48.5 Å². The van der Waals surface area contributed by atoms with Crippen molar-refractivity contribution in [2.24, 2.45) is 5.92 Å². The summed E-state index contributed by atoms with van der Waals surface area (Å²) in [5.41, 5.74) is 2.44. The van der Waals surface area contributed by atoms with E-state index in [1.165, 1.54) is 29.5 Å². The second kappa shape index (κ2) is 12.5. The van der Waals surface area contributed by atoms with Crippen LogP contribution in [0.1, 0.15) is 32.1 Å². The van der Waals surface area contributed by atoms with Gasteiger partial charge >= 0.3 is 12.1 Å². The molecule has 11 heteroatoms. The van der Waals surface area contributed by atoms with Crippen molar-refractivity contribution in [3.05, 3.63) is 48.5 Å². The molecule has 2 heterocycles. The molecule has 2 aliphatic heterocycles. The SMILES string of the molecule is O=C(Nc1ccc(OC2CCCC2)cc1)Nc1ccc(N2CCC(CNC(=O)C3CSCN3C(=O)O)C2)cc1. The highest BCUT2D eigenvalue weighted by Gasteiger charge is 2.35. The molecule has 39 heavy (non-hydrogen) atoms. The third-order valence-electron chi connectivity index (χ3n) is 7.49. The standard InChI is InChI=1S/C28H35N5O5S/c34-26(25-17-39-18-33(25)28(36)37)29-15-19-13-14-32(16-19)22-9-5-20(6-10-22)30-27(35)31-21-7-11-24(12-8-21)38-23-3-1-2-4-23/h5-12,19,23,25H,1-4,13-18H2,(H,29,34)(H,36,37)(H2,30,31,35). The Kier molecular flexibility index (Phi) is 8.65. The van der Waals surface area contributed by atoms with E-state index in [0.717, 1.165) is 43.8 Å². The Bertz CT molecular complexity index is 1160. The van der Waals surface area contributed by atoms with Crippen molar-refractivity contribution in [2.45, 2.75) is 44.2 Å². The molecule has 2 aromatic carbocycles. The fourth-order valence-corrected chi connectivity index (χ4v) is 6.46. The van der Waals surface area contributed by atoms with Gasteiger partial charge in [-0.05, 0) is 86.6 Å². The molecule has 4 amide bonds.